The molecule has 0 bridgehead atoms. The molecule has 2 fully saturated rings. The van der Waals surface area contributed by atoms with Gasteiger partial charge in [-0.3, -0.25) is 14.5 Å². The molecule has 1 aromatic carbocycles. The number of anilines is 1. The number of hydrogen-bond donors (Lipinski definition) is 1. The van der Waals surface area contributed by atoms with Crippen molar-refractivity contribution in [3.8, 4) is 5.75 Å². The molecule has 1 saturated carbocycles. The highest BCUT2D eigenvalue weighted by molar-refractivity contribution is 6.08. The van der Waals surface area contributed by atoms with Crippen molar-refractivity contribution in [2.24, 2.45) is 5.92 Å². The highest BCUT2D eigenvalue weighted by Gasteiger charge is 2.45. The highest BCUT2D eigenvalue weighted by Crippen LogP contribution is 2.36. The number of ether oxygens (including phenoxy) is 1. The van der Waals surface area contributed by atoms with Gasteiger partial charge in [0.15, 0.2) is 0 Å². The molecular formula is C15H18N2O3. The van der Waals surface area contributed by atoms with Crippen molar-refractivity contribution in [3.63, 3.8) is 0 Å². The SMILES string of the molecule is COc1ccc(N2C(=O)C(C3CC3)NC(=O)C2C)cc1. The summed E-state index contributed by atoms with van der Waals surface area (Å²) in [4.78, 5) is 26.3. The highest BCUT2D eigenvalue weighted by atomic mass is 16.5. The minimum atomic E-state index is -0.481. The van der Waals surface area contributed by atoms with Gasteiger partial charge >= 0.3 is 0 Å². The van der Waals surface area contributed by atoms with Crippen LogP contribution in [0, 0.1) is 5.92 Å². The van der Waals surface area contributed by atoms with Gasteiger partial charge in [-0.05, 0) is 49.9 Å². The summed E-state index contributed by atoms with van der Waals surface area (Å²) in [6.07, 6.45) is 2.03. The van der Waals surface area contributed by atoms with Crippen molar-refractivity contribution in [1.82, 2.24) is 5.32 Å². The Kier molecular flexibility index (Phi) is 3.12. The maximum atomic E-state index is 12.6. The fourth-order valence-corrected chi connectivity index (χ4v) is 2.64. The number of nitrogens with one attached hydrogen (secondary N) is 1. The Morgan fingerprint density at radius 2 is 1.85 bits per heavy atom. The zero-order chi connectivity index (χ0) is 14.3. The van der Waals surface area contributed by atoms with Crippen molar-refractivity contribution >= 4 is 17.5 Å². The van der Waals surface area contributed by atoms with Gasteiger partial charge in [-0.2, -0.15) is 0 Å². The number of hydrogen-bond acceptors (Lipinski definition) is 3. The first-order chi connectivity index (χ1) is 9.61. The zero-order valence-electron chi connectivity index (χ0n) is 11.6. The van der Waals surface area contributed by atoms with Gasteiger partial charge < -0.3 is 10.1 Å². The van der Waals surface area contributed by atoms with Crippen LogP contribution in [0.25, 0.3) is 0 Å². The van der Waals surface area contributed by atoms with E-state index in [1.807, 2.05) is 12.1 Å². The summed E-state index contributed by atoms with van der Waals surface area (Å²) < 4.78 is 5.12. The second-order valence-corrected chi connectivity index (χ2v) is 5.41. The normalized spacial score (nSPS) is 26.4. The molecular weight excluding hydrogens is 256 g/mol. The van der Waals surface area contributed by atoms with Crippen molar-refractivity contribution in [2.45, 2.75) is 31.8 Å². The second kappa shape index (κ2) is 4.81. The molecule has 2 amide bonds. The largest absolute Gasteiger partial charge is 0.497 e. The first kappa shape index (κ1) is 13.0. The Bertz CT molecular complexity index is 537. The van der Waals surface area contributed by atoms with Gasteiger partial charge in [0.25, 0.3) is 5.91 Å². The van der Waals surface area contributed by atoms with Gasteiger partial charge in [0, 0.05) is 5.69 Å². The average Bonchev–Trinajstić information content (AvgIpc) is 3.28. The smallest absolute Gasteiger partial charge is 0.250 e. The van der Waals surface area contributed by atoms with Crippen molar-refractivity contribution in [2.75, 3.05) is 12.0 Å². The van der Waals surface area contributed by atoms with Crippen LogP contribution >= 0.6 is 0 Å². The summed E-state index contributed by atoms with van der Waals surface area (Å²) in [5.74, 6) is 0.941. The van der Waals surface area contributed by atoms with E-state index in [4.69, 9.17) is 4.74 Å². The summed E-state index contributed by atoms with van der Waals surface area (Å²) in [6, 6.07) is 6.39. The van der Waals surface area contributed by atoms with Crippen LogP contribution in [-0.2, 0) is 9.59 Å². The molecule has 20 heavy (non-hydrogen) atoms. The third kappa shape index (κ3) is 2.13. The molecule has 3 rings (SSSR count). The summed E-state index contributed by atoms with van der Waals surface area (Å²) >= 11 is 0. The molecule has 106 valence electrons. The Labute approximate surface area is 117 Å². The molecule has 1 saturated heterocycles. The number of nitrogens with zero attached hydrogens (tertiary/aromatic N) is 1. The van der Waals surface area contributed by atoms with Crippen LogP contribution in [0.1, 0.15) is 19.8 Å². The summed E-state index contributed by atoms with van der Waals surface area (Å²) in [5.41, 5.74) is 0.740. The molecule has 1 heterocycles. The molecule has 5 heteroatoms. The quantitative estimate of drug-likeness (QED) is 0.904. The van der Waals surface area contributed by atoms with Gasteiger partial charge in [-0.1, -0.05) is 0 Å². The predicted molar refractivity (Wildman–Crippen MR) is 74.6 cm³/mol. The van der Waals surface area contributed by atoms with E-state index in [1.165, 1.54) is 0 Å². The van der Waals surface area contributed by atoms with Crippen molar-refractivity contribution in [3.05, 3.63) is 24.3 Å². The van der Waals surface area contributed by atoms with E-state index in [0.717, 1.165) is 24.3 Å². The molecule has 1 N–H and O–H groups in total. The lowest BCUT2D eigenvalue weighted by atomic mass is 10.0. The molecule has 1 aliphatic carbocycles. The molecule has 2 unspecified atom stereocenters. The van der Waals surface area contributed by atoms with E-state index >= 15 is 0 Å². The number of rotatable bonds is 3. The number of benzene rings is 1. The minimum absolute atomic E-state index is 0.00948. The summed E-state index contributed by atoms with van der Waals surface area (Å²) in [7, 11) is 1.60. The van der Waals surface area contributed by atoms with Gasteiger partial charge in [-0.25, -0.2) is 0 Å². The van der Waals surface area contributed by atoms with Gasteiger partial charge in [0.05, 0.1) is 7.11 Å². The molecule has 0 spiro atoms. The fraction of sp³-hybridized carbons (Fsp3) is 0.467. The van der Waals surface area contributed by atoms with E-state index in [1.54, 1.807) is 31.1 Å². The van der Waals surface area contributed by atoms with Crippen LogP contribution in [0.4, 0.5) is 5.69 Å². The van der Waals surface area contributed by atoms with Gasteiger partial charge in [0.1, 0.15) is 17.8 Å². The third-order valence-electron chi connectivity index (χ3n) is 4.01. The lowest BCUT2D eigenvalue weighted by Gasteiger charge is -2.37. The molecule has 0 radical (unpaired) electrons. The Morgan fingerprint density at radius 3 is 2.40 bits per heavy atom. The molecule has 0 aromatic heterocycles. The Balaban J connectivity index is 1.90. The van der Waals surface area contributed by atoms with Crippen LogP contribution < -0.4 is 15.0 Å². The average molecular weight is 274 g/mol. The molecule has 5 nitrogen and oxygen atoms in total. The lowest BCUT2D eigenvalue weighted by molar-refractivity contribution is -0.133. The zero-order valence-corrected chi connectivity index (χ0v) is 11.6. The van der Waals surface area contributed by atoms with E-state index in [2.05, 4.69) is 5.32 Å². The number of piperazine rings is 1. The Hall–Kier alpha value is -2.04. The number of carbonyl (C=O) groups is 2. The van der Waals surface area contributed by atoms with Crippen LogP contribution in [0.15, 0.2) is 24.3 Å². The fourth-order valence-electron chi connectivity index (χ4n) is 2.64. The molecule has 2 aliphatic rings. The van der Waals surface area contributed by atoms with Crippen molar-refractivity contribution in [1.29, 1.82) is 0 Å². The van der Waals surface area contributed by atoms with E-state index in [0.29, 0.717) is 5.92 Å². The predicted octanol–water partition coefficient (Wildman–Crippen LogP) is 1.33. The number of carbonyl (C=O) groups excluding carboxylic acids is 2. The first-order valence-corrected chi connectivity index (χ1v) is 6.89. The Morgan fingerprint density at radius 1 is 1.20 bits per heavy atom. The summed E-state index contributed by atoms with van der Waals surface area (Å²) in [5, 5.41) is 2.85. The number of methoxy groups -OCH3 is 1. The summed E-state index contributed by atoms with van der Waals surface area (Å²) in [6.45, 7) is 1.75. The third-order valence-corrected chi connectivity index (χ3v) is 4.01. The van der Waals surface area contributed by atoms with Gasteiger partial charge in [0.2, 0.25) is 5.91 Å². The van der Waals surface area contributed by atoms with E-state index in [-0.39, 0.29) is 17.9 Å². The van der Waals surface area contributed by atoms with E-state index < -0.39 is 6.04 Å². The second-order valence-electron chi connectivity index (χ2n) is 5.41. The first-order valence-electron chi connectivity index (χ1n) is 6.89. The monoisotopic (exact) mass is 274 g/mol. The van der Waals surface area contributed by atoms with Crippen LogP contribution in [0.2, 0.25) is 0 Å². The maximum absolute atomic E-state index is 12.6. The minimum Gasteiger partial charge on any atom is -0.497 e. The molecule has 1 aliphatic heterocycles. The van der Waals surface area contributed by atoms with Crippen molar-refractivity contribution < 1.29 is 14.3 Å². The van der Waals surface area contributed by atoms with E-state index in [9.17, 15) is 9.59 Å². The topological polar surface area (TPSA) is 58.6 Å². The number of amides is 2. The molecule has 2 atom stereocenters. The van der Waals surface area contributed by atoms with Crippen LogP contribution in [-0.4, -0.2) is 31.0 Å². The maximum Gasteiger partial charge on any atom is 0.250 e. The van der Waals surface area contributed by atoms with Crippen LogP contribution in [0.3, 0.4) is 0 Å². The lowest BCUT2D eigenvalue weighted by Crippen LogP contribution is -2.63. The van der Waals surface area contributed by atoms with Gasteiger partial charge in [-0.15, -0.1) is 0 Å². The van der Waals surface area contributed by atoms with Crippen LogP contribution in [0.5, 0.6) is 5.75 Å². The standard InChI is InChI=1S/C15H18N2O3/c1-9-14(18)16-13(10-3-4-10)15(19)17(9)11-5-7-12(20-2)8-6-11/h5-10,13H,3-4H2,1-2H3,(H,16,18). The molecule has 1 aromatic rings.